The van der Waals surface area contributed by atoms with Gasteiger partial charge in [-0.25, -0.2) is 0 Å². The molecule has 16 heavy (non-hydrogen) atoms. The second kappa shape index (κ2) is 4.11. The minimum absolute atomic E-state index is 0.464. The van der Waals surface area contributed by atoms with E-state index in [2.05, 4.69) is 11.1 Å². The lowest BCUT2D eigenvalue weighted by molar-refractivity contribution is 1.13. The van der Waals surface area contributed by atoms with Gasteiger partial charge in [0.25, 0.3) is 0 Å². The summed E-state index contributed by atoms with van der Waals surface area (Å²) in [4.78, 5) is 3.00. The van der Waals surface area contributed by atoms with E-state index in [-0.39, 0.29) is 0 Å². The zero-order valence-electron chi connectivity index (χ0n) is 9.12. The maximum absolute atomic E-state index is 9.04. The van der Waals surface area contributed by atoms with Crippen molar-refractivity contribution in [1.29, 1.82) is 5.26 Å². The summed E-state index contributed by atoms with van der Waals surface area (Å²) in [6, 6.07) is 12.2. The fraction of sp³-hybridized carbons (Fsp3) is 0.154. The molecule has 1 aromatic heterocycles. The highest BCUT2D eigenvalue weighted by Crippen LogP contribution is 2.22. The third-order valence-electron chi connectivity index (χ3n) is 2.68. The number of nitrogens with one attached hydrogen (secondary N) is 1. The third kappa shape index (κ3) is 1.78. The van der Waals surface area contributed by atoms with Crippen molar-refractivity contribution in [2.45, 2.75) is 13.3 Å². The first-order chi connectivity index (χ1) is 7.72. The Balaban J connectivity index is 2.39. The van der Waals surface area contributed by atoms with Crippen LogP contribution >= 0.6 is 0 Å². The standard InChI is InChI=1S/C13H13N3/c1-9-11(12(8-14)13(15)16-9)7-10-5-3-2-4-6-10/h2-6,16H,7,15H2,1H3. The molecule has 0 aliphatic rings. The van der Waals surface area contributed by atoms with E-state index >= 15 is 0 Å². The van der Waals surface area contributed by atoms with Crippen LogP contribution in [0.1, 0.15) is 22.4 Å². The average molecular weight is 211 g/mol. The van der Waals surface area contributed by atoms with Gasteiger partial charge < -0.3 is 10.7 Å². The van der Waals surface area contributed by atoms with Gasteiger partial charge in [0.05, 0.1) is 5.56 Å². The zero-order valence-corrected chi connectivity index (χ0v) is 9.12. The molecule has 0 fully saturated rings. The van der Waals surface area contributed by atoms with E-state index in [1.54, 1.807) is 0 Å². The molecule has 80 valence electrons. The first-order valence-corrected chi connectivity index (χ1v) is 5.13. The molecule has 0 atom stereocenters. The molecule has 0 unspecified atom stereocenters. The number of nitrogens with zero attached hydrogens (tertiary/aromatic N) is 1. The molecule has 0 saturated carbocycles. The van der Waals surface area contributed by atoms with Crippen molar-refractivity contribution in [2.75, 3.05) is 5.73 Å². The van der Waals surface area contributed by atoms with Gasteiger partial charge in [-0.2, -0.15) is 5.26 Å². The van der Waals surface area contributed by atoms with Gasteiger partial charge in [0.1, 0.15) is 11.9 Å². The van der Waals surface area contributed by atoms with Crippen LogP contribution < -0.4 is 5.73 Å². The van der Waals surface area contributed by atoms with Crippen molar-refractivity contribution in [3.63, 3.8) is 0 Å². The summed E-state index contributed by atoms with van der Waals surface area (Å²) >= 11 is 0. The van der Waals surface area contributed by atoms with Crippen LogP contribution in [-0.2, 0) is 6.42 Å². The molecular weight excluding hydrogens is 198 g/mol. The molecule has 0 aliphatic carbocycles. The minimum Gasteiger partial charge on any atom is -0.384 e. The molecule has 1 aromatic carbocycles. The lowest BCUT2D eigenvalue weighted by Gasteiger charge is -2.01. The maximum atomic E-state index is 9.04. The zero-order chi connectivity index (χ0) is 11.5. The number of hydrogen-bond donors (Lipinski definition) is 2. The second-order valence-corrected chi connectivity index (χ2v) is 3.79. The van der Waals surface area contributed by atoms with Gasteiger partial charge in [0.15, 0.2) is 0 Å². The van der Waals surface area contributed by atoms with Gasteiger partial charge in [-0.1, -0.05) is 30.3 Å². The Morgan fingerprint density at radius 2 is 2.00 bits per heavy atom. The Morgan fingerprint density at radius 1 is 1.31 bits per heavy atom. The third-order valence-corrected chi connectivity index (χ3v) is 2.68. The summed E-state index contributed by atoms with van der Waals surface area (Å²) in [7, 11) is 0. The molecule has 0 amide bonds. The van der Waals surface area contributed by atoms with Gasteiger partial charge >= 0.3 is 0 Å². The summed E-state index contributed by atoms with van der Waals surface area (Å²) in [6.45, 7) is 1.94. The van der Waals surface area contributed by atoms with Gasteiger partial charge in [0, 0.05) is 12.1 Å². The van der Waals surface area contributed by atoms with Crippen LogP contribution in [0.2, 0.25) is 0 Å². The van der Waals surface area contributed by atoms with E-state index in [0.29, 0.717) is 11.4 Å². The highest BCUT2D eigenvalue weighted by Gasteiger charge is 2.12. The van der Waals surface area contributed by atoms with Crippen LogP contribution in [-0.4, -0.2) is 4.98 Å². The number of nitrogens with two attached hydrogens (primary N) is 1. The van der Waals surface area contributed by atoms with Crippen LogP contribution in [0.5, 0.6) is 0 Å². The number of benzene rings is 1. The molecule has 0 bridgehead atoms. The van der Waals surface area contributed by atoms with Gasteiger partial charge in [-0.05, 0) is 18.1 Å². The number of aryl methyl sites for hydroxylation is 1. The van der Waals surface area contributed by atoms with Gasteiger partial charge in [-0.3, -0.25) is 0 Å². The molecule has 1 heterocycles. The number of H-pyrrole nitrogens is 1. The molecule has 0 radical (unpaired) electrons. The van der Waals surface area contributed by atoms with Gasteiger partial charge in [0.2, 0.25) is 0 Å². The number of hydrogen-bond acceptors (Lipinski definition) is 2. The van der Waals surface area contributed by atoms with Crippen molar-refractivity contribution in [1.82, 2.24) is 4.98 Å². The normalized spacial score (nSPS) is 10.0. The monoisotopic (exact) mass is 211 g/mol. The fourth-order valence-electron chi connectivity index (χ4n) is 1.84. The Bertz CT molecular complexity index is 532. The maximum Gasteiger partial charge on any atom is 0.119 e. The fourth-order valence-corrected chi connectivity index (χ4v) is 1.84. The molecule has 0 spiro atoms. The lowest BCUT2D eigenvalue weighted by Crippen LogP contribution is -1.92. The predicted molar refractivity (Wildman–Crippen MR) is 63.9 cm³/mol. The summed E-state index contributed by atoms with van der Waals surface area (Å²) in [6.07, 6.45) is 0.739. The average Bonchev–Trinajstić information content (AvgIpc) is 2.55. The summed E-state index contributed by atoms with van der Waals surface area (Å²) < 4.78 is 0. The summed E-state index contributed by atoms with van der Waals surface area (Å²) in [5, 5.41) is 9.04. The van der Waals surface area contributed by atoms with Crippen molar-refractivity contribution in [3.05, 3.63) is 52.7 Å². The van der Waals surface area contributed by atoms with E-state index < -0.39 is 0 Å². The first kappa shape index (κ1) is 10.3. The number of anilines is 1. The molecule has 3 heteroatoms. The minimum atomic E-state index is 0.464. The number of aromatic nitrogens is 1. The molecule has 0 saturated heterocycles. The number of nitriles is 1. The number of rotatable bonds is 2. The molecule has 3 nitrogen and oxygen atoms in total. The number of aromatic amines is 1. The summed E-state index contributed by atoms with van der Waals surface area (Å²) in [5.41, 5.74) is 9.44. The molecule has 2 aromatic rings. The second-order valence-electron chi connectivity index (χ2n) is 3.79. The van der Waals surface area contributed by atoms with Crippen molar-refractivity contribution < 1.29 is 0 Å². The summed E-state index contributed by atoms with van der Waals surface area (Å²) in [5.74, 6) is 0.464. The Labute approximate surface area is 94.5 Å². The topological polar surface area (TPSA) is 65.6 Å². The molecule has 0 aliphatic heterocycles. The Hall–Kier alpha value is -2.21. The highest BCUT2D eigenvalue weighted by atomic mass is 14.9. The van der Waals surface area contributed by atoms with Crippen LogP contribution in [0.25, 0.3) is 0 Å². The van der Waals surface area contributed by atoms with Crippen LogP contribution in [0.3, 0.4) is 0 Å². The van der Waals surface area contributed by atoms with E-state index in [0.717, 1.165) is 17.7 Å². The quantitative estimate of drug-likeness (QED) is 0.800. The van der Waals surface area contributed by atoms with E-state index in [1.807, 2.05) is 37.3 Å². The smallest absolute Gasteiger partial charge is 0.119 e. The van der Waals surface area contributed by atoms with Crippen LogP contribution in [0.15, 0.2) is 30.3 Å². The Kier molecular flexibility index (Phi) is 2.65. The SMILES string of the molecule is Cc1[nH]c(N)c(C#N)c1Cc1ccccc1. The van der Waals surface area contributed by atoms with E-state index in [4.69, 9.17) is 11.0 Å². The first-order valence-electron chi connectivity index (χ1n) is 5.13. The lowest BCUT2D eigenvalue weighted by atomic mass is 10.0. The highest BCUT2D eigenvalue weighted by molar-refractivity contribution is 5.57. The van der Waals surface area contributed by atoms with Crippen LogP contribution in [0, 0.1) is 18.3 Å². The number of nitrogen functional groups attached to an aromatic ring is 1. The predicted octanol–water partition coefficient (Wildman–Crippen LogP) is 2.37. The molecule has 3 N–H and O–H groups in total. The Morgan fingerprint density at radius 3 is 2.62 bits per heavy atom. The van der Waals surface area contributed by atoms with Gasteiger partial charge in [-0.15, -0.1) is 0 Å². The van der Waals surface area contributed by atoms with E-state index in [9.17, 15) is 0 Å². The molecule has 2 rings (SSSR count). The van der Waals surface area contributed by atoms with Crippen LogP contribution in [0.4, 0.5) is 5.82 Å². The van der Waals surface area contributed by atoms with Crippen molar-refractivity contribution in [3.8, 4) is 6.07 Å². The van der Waals surface area contributed by atoms with Crippen molar-refractivity contribution in [2.24, 2.45) is 0 Å². The largest absolute Gasteiger partial charge is 0.384 e. The van der Waals surface area contributed by atoms with E-state index in [1.165, 1.54) is 5.56 Å². The van der Waals surface area contributed by atoms with Crippen molar-refractivity contribution >= 4 is 5.82 Å². The molecular formula is C13H13N3.